The van der Waals surface area contributed by atoms with E-state index in [-0.39, 0.29) is 17.2 Å². The number of halogens is 2. The molecule has 3 N–H and O–H groups in total. The van der Waals surface area contributed by atoms with E-state index in [0.29, 0.717) is 41.3 Å². The molecular formula is C28H41ClFN5O2. The van der Waals surface area contributed by atoms with E-state index in [1.54, 1.807) is 19.4 Å². The summed E-state index contributed by atoms with van der Waals surface area (Å²) in [4.78, 5) is 9.09. The van der Waals surface area contributed by atoms with Gasteiger partial charge in [0, 0.05) is 50.1 Å². The van der Waals surface area contributed by atoms with Crippen LogP contribution in [0.5, 0.6) is 0 Å². The quantitative estimate of drug-likeness (QED) is 0.351. The summed E-state index contributed by atoms with van der Waals surface area (Å²) in [7, 11) is 1.74. The largest absolute Gasteiger partial charge is 0.383 e. The van der Waals surface area contributed by atoms with Gasteiger partial charge in [-0.25, -0.2) is 14.4 Å². The van der Waals surface area contributed by atoms with Gasteiger partial charge in [0.05, 0.1) is 22.9 Å². The zero-order chi connectivity index (χ0) is 26.4. The summed E-state index contributed by atoms with van der Waals surface area (Å²) in [5.74, 6) is 1.04. The Bertz CT molecular complexity index is 1030. The Morgan fingerprint density at radius 3 is 2.68 bits per heavy atom. The van der Waals surface area contributed by atoms with E-state index in [0.717, 1.165) is 63.1 Å². The van der Waals surface area contributed by atoms with Gasteiger partial charge in [0.1, 0.15) is 5.82 Å². The van der Waals surface area contributed by atoms with E-state index < -0.39 is 0 Å². The lowest BCUT2D eigenvalue weighted by Crippen LogP contribution is -2.42. The third-order valence-electron chi connectivity index (χ3n) is 7.35. The van der Waals surface area contributed by atoms with Crippen molar-refractivity contribution in [1.82, 2.24) is 15.3 Å². The van der Waals surface area contributed by atoms with Crippen LogP contribution in [0.25, 0.3) is 11.3 Å². The predicted octanol–water partition coefficient (Wildman–Crippen LogP) is 5.90. The molecular weight excluding hydrogens is 493 g/mol. The summed E-state index contributed by atoms with van der Waals surface area (Å²) in [6.07, 6.45) is 7.84. The Morgan fingerprint density at radius 2 is 1.95 bits per heavy atom. The first-order valence-corrected chi connectivity index (χ1v) is 13.8. The molecule has 9 heteroatoms. The number of nitrogens with zero attached hydrogens (tertiary/aromatic N) is 2. The van der Waals surface area contributed by atoms with Crippen molar-refractivity contribution in [3.8, 4) is 11.3 Å². The summed E-state index contributed by atoms with van der Waals surface area (Å²) in [6, 6.07) is 6.24. The smallest absolute Gasteiger partial charge is 0.165 e. The highest BCUT2D eigenvalue weighted by molar-refractivity contribution is 6.33. The summed E-state index contributed by atoms with van der Waals surface area (Å²) in [6.45, 7) is 8.45. The van der Waals surface area contributed by atoms with Crippen molar-refractivity contribution in [2.24, 2.45) is 5.92 Å². The highest BCUT2D eigenvalue weighted by atomic mass is 35.5. The summed E-state index contributed by atoms with van der Waals surface area (Å²) < 4.78 is 25.7. The zero-order valence-corrected chi connectivity index (χ0v) is 23.2. The number of rotatable bonds is 10. The molecule has 0 aromatic carbocycles. The Hall–Kier alpha value is -2.00. The van der Waals surface area contributed by atoms with Crippen LogP contribution in [0.4, 0.5) is 16.0 Å². The molecule has 0 bridgehead atoms. The van der Waals surface area contributed by atoms with Crippen LogP contribution in [-0.2, 0) is 9.47 Å². The Morgan fingerprint density at radius 1 is 1.19 bits per heavy atom. The number of anilines is 2. The van der Waals surface area contributed by atoms with Crippen LogP contribution < -0.4 is 16.0 Å². The number of pyridine rings is 2. The van der Waals surface area contributed by atoms with Crippen LogP contribution in [0.3, 0.4) is 0 Å². The third kappa shape index (κ3) is 7.99. The van der Waals surface area contributed by atoms with Gasteiger partial charge in [-0.2, -0.15) is 0 Å². The molecule has 0 unspecified atom stereocenters. The first kappa shape index (κ1) is 28.0. The van der Waals surface area contributed by atoms with Crippen molar-refractivity contribution in [3.63, 3.8) is 0 Å². The maximum absolute atomic E-state index is 14.6. The SMILES string of the molecule is COC[C@H](C)NC1CCC(Nc2cc(-c3ccc(F)c(NC[C@@H]4CCOC(C)(C)C4)n3)c(Cl)cn2)CC1. The van der Waals surface area contributed by atoms with Gasteiger partial charge in [-0.1, -0.05) is 11.6 Å². The molecule has 2 aliphatic rings. The van der Waals surface area contributed by atoms with Crippen molar-refractivity contribution in [2.45, 2.75) is 83.0 Å². The van der Waals surface area contributed by atoms with E-state index in [2.05, 4.69) is 46.7 Å². The fourth-order valence-corrected chi connectivity index (χ4v) is 5.72. The molecule has 4 rings (SSSR count). The van der Waals surface area contributed by atoms with Gasteiger partial charge in [-0.3, -0.25) is 0 Å². The highest BCUT2D eigenvalue weighted by Crippen LogP contribution is 2.32. The van der Waals surface area contributed by atoms with E-state index in [1.165, 1.54) is 6.07 Å². The molecule has 1 saturated heterocycles. The van der Waals surface area contributed by atoms with E-state index in [4.69, 9.17) is 21.1 Å². The van der Waals surface area contributed by atoms with E-state index in [9.17, 15) is 4.39 Å². The molecule has 204 valence electrons. The standard InChI is InChI=1S/C28H41ClFN5O2/c1-18(17-36-4)33-20-5-7-21(8-6-20)34-26-13-22(23(29)16-31-26)25-10-9-24(30)27(35-25)32-15-19-11-12-37-28(2,3)14-19/h9-10,13,16,18-21,33H,5-8,11-12,14-15,17H2,1-4H3,(H,31,34)(H,32,35)/t18-,19+,20?,21?/m0/s1. The molecule has 1 aliphatic carbocycles. The minimum absolute atomic E-state index is 0.148. The second kappa shape index (κ2) is 12.7. The van der Waals surface area contributed by atoms with Crippen LogP contribution >= 0.6 is 11.6 Å². The van der Waals surface area contributed by atoms with Crippen molar-refractivity contribution in [2.75, 3.05) is 37.5 Å². The van der Waals surface area contributed by atoms with Crippen LogP contribution in [0.1, 0.15) is 59.3 Å². The van der Waals surface area contributed by atoms with Gasteiger partial charge < -0.3 is 25.4 Å². The van der Waals surface area contributed by atoms with Gasteiger partial charge in [-0.05, 0) is 83.4 Å². The molecule has 0 spiro atoms. The van der Waals surface area contributed by atoms with Gasteiger partial charge in [0.15, 0.2) is 11.6 Å². The predicted molar refractivity (Wildman–Crippen MR) is 148 cm³/mol. The zero-order valence-electron chi connectivity index (χ0n) is 22.4. The van der Waals surface area contributed by atoms with Crippen molar-refractivity contribution in [3.05, 3.63) is 35.2 Å². The van der Waals surface area contributed by atoms with Gasteiger partial charge in [-0.15, -0.1) is 0 Å². The first-order chi connectivity index (χ1) is 17.7. The number of hydrogen-bond acceptors (Lipinski definition) is 7. The second-order valence-corrected chi connectivity index (χ2v) is 11.5. The molecule has 2 atom stereocenters. The monoisotopic (exact) mass is 533 g/mol. The lowest BCUT2D eigenvalue weighted by atomic mass is 9.88. The van der Waals surface area contributed by atoms with Crippen LogP contribution in [0, 0.1) is 11.7 Å². The minimum atomic E-state index is -0.371. The average molecular weight is 534 g/mol. The molecule has 37 heavy (non-hydrogen) atoms. The van der Waals surface area contributed by atoms with Crippen molar-refractivity contribution in [1.29, 1.82) is 0 Å². The van der Waals surface area contributed by atoms with Crippen LogP contribution in [0.2, 0.25) is 5.02 Å². The lowest BCUT2D eigenvalue weighted by Gasteiger charge is -2.35. The maximum Gasteiger partial charge on any atom is 0.165 e. The fourth-order valence-electron chi connectivity index (χ4n) is 5.52. The summed E-state index contributed by atoms with van der Waals surface area (Å²) in [5.41, 5.74) is 1.20. The van der Waals surface area contributed by atoms with E-state index >= 15 is 0 Å². The molecule has 1 aliphatic heterocycles. The average Bonchev–Trinajstić information content (AvgIpc) is 2.85. The second-order valence-electron chi connectivity index (χ2n) is 11.1. The van der Waals surface area contributed by atoms with Gasteiger partial charge in [0.25, 0.3) is 0 Å². The Balaban J connectivity index is 1.38. The summed E-state index contributed by atoms with van der Waals surface area (Å²) in [5, 5.41) is 10.9. The summed E-state index contributed by atoms with van der Waals surface area (Å²) >= 11 is 6.51. The van der Waals surface area contributed by atoms with Crippen molar-refractivity contribution < 1.29 is 13.9 Å². The van der Waals surface area contributed by atoms with E-state index in [1.807, 2.05) is 6.07 Å². The lowest BCUT2D eigenvalue weighted by molar-refractivity contribution is -0.0699. The molecule has 0 radical (unpaired) electrons. The molecule has 0 amide bonds. The number of methoxy groups -OCH3 is 1. The number of hydrogen-bond donors (Lipinski definition) is 3. The van der Waals surface area contributed by atoms with Crippen LogP contribution in [-0.4, -0.2) is 60.6 Å². The molecule has 7 nitrogen and oxygen atoms in total. The number of aromatic nitrogens is 2. The molecule has 2 fully saturated rings. The maximum atomic E-state index is 14.6. The Labute approximate surface area is 225 Å². The third-order valence-corrected chi connectivity index (χ3v) is 7.65. The van der Waals surface area contributed by atoms with Gasteiger partial charge in [0.2, 0.25) is 0 Å². The number of nitrogens with one attached hydrogen (secondary N) is 3. The van der Waals surface area contributed by atoms with Crippen LogP contribution in [0.15, 0.2) is 24.4 Å². The Kier molecular flexibility index (Phi) is 9.62. The molecule has 2 aromatic heterocycles. The molecule has 1 saturated carbocycles. The van der Waals surface area contributed by atoms with Crippen molar-refractivity contribution >= 4 is 23.2 Å². The topological polar surface area (TPSA) is 80.3 Å². The fraction of sp³-hybridized carbons (Fsp3) is 0.643. The molecule has 2 aromatic rings. The molecule has 3 heterocycles. The highest BCUT2D eigenvalue weighted by Gasteiger charge is 2.29. The first-order valence-electron chi connectivity index (χ1n) is 13.4. The minimum Gasteiger partial charge on any atom is -0.383 e. The normalized spacial score (nSPS) is 24.4. The number of ether oxygens (including phenoxy) is 2. The van der Waals surface area contributed by atoms with Gasteiger partial charge >= 0.3 is 0 Å².